The highest BCUT2D eigenvalue weighted by atomic mass is 28.4. The third-order valence-electron chi connectivity index (χ3n) is 6.70. The van der Waals surface area contributed by atoms with Crippen LogP contribution in [0.1, 0.15) is 126 Å². The van der Waals surface area contributed by atoms with Crippen LogP contribution in [0, 0.1) is 0 Å². The summed E-state index contributed by atoms with van der Waals surface area (Å²) in [5.74, 6) is 1.10. The van der Waals surface area contributed by atoms with E-state index in [1.165, 1.54) is 113 Å². The Morgan fingerprint density at radius 3 is 1.13 bits per heavy atom. The molecule has 0 aliphatic heterocycles. The van der Waals surface area contributed by atoms with Crippen LogP contribution in [-0.2, 0) is 4.43 Å². The van der Waals surface area contributed by atoms with Gasteiger partial charge in [0.05, 0.1) is 0 Å². The first-order chi connectivity index (χ1) is 14.5. The SMILES string of the molecule is CCCC[Si](CCCC)(CCCC)N=C(C)O[Si](CCCC)(CCCC)CCCC. The topological polar surface area (TPSA) is 21.6 Å². The lowest BCUT2D eigenvalue weighted by Gasteiger charge is -2.34. The van der Waals surface area contributed by atoms with Crippen molar-refractivity contribution in [1.29, 1.82) is 0 Å². The molecule has 180 valence electrons. The molecule has 0 fully saturated rings. The average Bonchev–Trinajstić information content (AvgIpc) is 2.75. The van der Waals surface area contributed by atoms with Crippen LogP contribution in [0.2, 0.25) is 36.3 Å². The highest BCUT2D eigenvalue weighted by Crippen LogP contribution is 2.33. The minimum Gasteiger partial charge on any atom is -0.535 e. The van der Waals surface area contributed by atoms with Crippen LogP contribution in [0.25, 0.3) is 0 Å². The number of hydrogen-bond donors (Lipinski definition) is 0. The van der Waals surface area contributed by atoms with Crippen molar-refractivity contribution >= 4 is 22.5 Å². The zero-order chi connectivity index (χ0) is 22.7. The molecule has 0 aliphatic rings. The molecule has 0 rings (SSSR count). The molecule has 0 aliphatic carbocycles. The second kappa shape index (κ2) is 18.5. The molecule has 0 heterocycles. The zero-order valence-electron chi connectivity index (χ0n) is 22.1. The highest BCUT2D eigenvalue weighted by molar-refractivity contribution is 6.80. The maximum Gasteiger partial charge on any atom is 0.252 e. The number of nitrogens with zero attached hydrogens (tertiary/aromatic N) is 1. The monoisotopic (exact) mass is 455 g/mol. The van der Waals surface area contributed by atoms with Crippen LogP contribution in [0.3, 0.4) is 0 Å². The summed E-state index contributed by atoms with van der Waals surface area (Å²) in [7, 11) is -3.35. The summed E-state index contributed by atoms with van der Waals surface area (Å²) >= 11 is 0. The molecule has 0 radical (unpaired) electrons. The number of rotatable bonds is 20. The van der Waals surface area contributed by atoms with Crippen molar-refractivity contribution in [2.75, 3.05) is 0 Å². The van der Waals surface area contributed by atoms with Gasteiger partial charge < -0.3 is 4.43 Å². The van der Waals surface area contributed by atoms with Crippen LogP contribution >= 0.6 is 0 Å². The van der Waals surface area contributed by atoms with Gasteiger partial charge in [0.1, 0.15) is 0 Å². The van der Waals surface area contributed by atoms with Crippen LogP contribution in [0.15, 0.2) is 4.66 Å². The van der Waals surface area contributed by atoms with E-state index < -0.39 is 16.6 Å². The zero-order valence-corrected chi connectivity index (χ0v) is 24.1. The van der Waals surface area contributed by atoms with Crippen LogP contribution < -0.4 is 0 Å². The second-order valence-corrected chi connectivity index (χ2v) is 18.0. The molecule has 0 atom stereocenters. The van der Waals surface area contributed by atoms with Gasteiger partial charge in [0.25, 0.3) is 8.32 Å². The van der Waals surface area contributed by atoms with Gasteiger partial charge >= 0.3 is 0 Å². The summed E-state index contributed by atoms with van der Waals surface area (Å²) in [5.41, 5.74) is 0. The molecular weight excluding hydrogens is 398 g/mol. The largest absolute Gasteiger partial charge is 0.535 e. The van der Waals surface area contributed by atoms with Gasteiger partial charge in [-0.15, -0.1) is 0 Å². The Labute approximate surface area is 193 Å². The van der Waals surface area contributed by atoms with Crippen molar-refractivity contribution in [2.24, 2.45) is 4.66 Å². The predicted octanol–water partition coefficient (Wildman–Crippen LogP) is 10.1. The molecule has 0 aromatic carbocycles. The third kappa shape index (κ3) is 12.7. The van der Waals surface area contributed by atoms with Gasteiger partial charge in [-0.25, -0.2) is 0 Å². The Kier molecular flexibility index (Phi) is 18.4. The van der Waals surface area contributed by atoms with Gasteiger partial charge in [-0.05, 0) is 36.3 Å². The normalized spacial score (nSPS) is 13.1. The summed E-state index contributed by atoms with van der Waals surface area (Å²) in [5, 5.41) is 0. The van der Waals surface area contributed by atoms with Gasteiger partial charge in [0.15, 0.2) is 14.1 Å². The summed E-state index contributed by atoms with van der Waals surface area (Å²) in [6, 6.07) is 8.13. The van der Waals surface area contributed by atoms with Crippen molar-refractivity contribution < 1.29 is 4.43 Å². The maximum absolute atomic E-state index is 7.06. The van der Waals surface area contributed by atoms with Crippen molar-refractivity contribution in [3.63, 3.8) is 0 Å². The molecule has 0 bridgehead atoms. The van der Waals surface area contributed by atoms with Crippen LogP contribution in [0.5, 0.6) is 0 Å². The van der Waals surface area contributed by atoms with Gasteiger partial charge in [-0.1, -0.05) is 119 Å². The molecule has 30 heavy (non-hydrogen) atoms. The smallest absolute Gasteiger partial charge is 0.252 e. The van der Waals surface area contributed by atoms with E-state index in [9.17, 15) is 0 Å². The van der Waals surface area contributed by atoms with Crippen molar-refractivity contribution in [3.05, 3.63) is 0 Å². The Balaban J connectivity index is 5.77. The first-order valence-corrected chi connectivity index (χ1v) is 18.8. The van der Waals surface area contributed by atoms with E-state index in [0.29, 0.717) is 0 Å². The lowest BCUT2D eigenvalue weighted by molar-refractivity contribution is 0.501. The molecule has 0 aromatic rings. The fraction of sp³-hybridized carbons (Fsp3) is 0.962. The van der Waals surface area contributed by atoms with Crippen LogP contribution in [-0.4, -0.2) is 22.5 Å². The van der Waals surface area contributed by atoms with Crippen molar-refractivity contribution in [2.45, 2.75) is 162 Å². The molecule has 4 heteroatoms. The predicted molar refractivity (Wildman–Crippen MR) is 144 cm³/mol. The van der Waals surface area contributed by atoms with E-state index in [0.717, 1.165) is 5.90 Å². The Bertz CT molecular complexity index is 382. The average molecular weight is 456 g/mol. The van der Waals surface area contributed by atoms with Gasteiger partial charge in [-0.3, -0.25) is 4.66 Å². The lowest BCUT2D eigenvalue weighted by atomic mass is 10.4. The number of hydrogen-bond acceptors (Lipinski definition) is 2. The Hall–Kier alpha value is -0.0962. The quantitative estimate of drug-likeness (QED) is 0.102. The van der Waals surface area contributed by atoms with Gasteiger partial charge in [-0.2, -0.15) is 0 Å². The minimum absolute atomic E-state index is 1.10. The minimum atomic E-state index is -1.72. The maximum atomic E-state index is 7.06. The Morgan fingerprint density at radius 1 is 0.533 bits per heavy atom. The highest BCUT2D eigenvalue weighted by Gasteiger charge is 2.37. The fourth-order valence-electron chi connectivity index (χ4n) is 4.76. The van der Waals surface area contributed by atoms with E-state index in [1.807, 2.05) is 0 Å². The summed E-state index contributed by atoms with van der Waals surface area (Å²) in [4.78, 5) is 0. The molecule has 0 amide bonds. The summed E-state index contributed by atoms with van der Waals surface area (Å²) in [6.45, 7) is 16.2. The Morgan fingerprint density at radius 2 is 0.833 bits per heavy atom. The van der Waals surface area contributed by atoms with Crippen molar-refractivity contribution in [1.82, 2.24) is 0 Å². The molecule has 0 spiro atoms. The summed E-state index contributed by atoms with van der Waals surface area (Å²) in [6.07, 6.45) is 15.8. The molecule has 0 saturated heterocycles. The van der Waals surface area contributed by atoms with E-state index >= 15 is 0 Å². The van der Waals surface area contributed by atoms with Crippen LogP contribution in [0.4, 0.5) is 0 Å². The number of unbranched alkanes of at least 4 members (excludes halogenated alkanes) is 6. The summed E-state index contributed by atoms with van der Waals surface area (Å²) < 4.78 is 12.7. The molecule has 0 saturated carbocycles. The standard InChI is InChI=1S/C26H57NOSi2/c1-8-14-20-29(21-15-9-2,22-16-10-3)27-26(7)28-30(23-17-11-4,24-18-12-5)25-19-13-6/h8-25H2,1-7H3. The second-order valence-electron chi connectivity index (χ2n) is 9.76. The lowest BCUT2D eigenvalue weighted by Crippen LogP contribution is -2.41. The molecule has 2 nitrogen and oxygen atoms in total. The molecule has 0 unspecified atom stereocenters. The first kappa shape index (κ1) is 29.9. The molecular formula is C26H57NOSi2. The van der Waals surface area contributed by atoms with E-state index in [4.69, 9.17) is 9.08 Å². The molecule has 0 aromatic heterocycles. The fourth-order valence-corrected chi connectivity index (χ4v) is 14.4. The van der Waals surface area contributed by atoms with Gasteiger partial charge in [0, 0.05) is 6.92 Å². The third-order valence-corrected chi connectivity index (χ3v) is 15.9. The van der Waals surface area contributed by atoms with E-state index in [-0.39, 0.29) is 0 Å². The van der Waals surface area contributed by atoms with E-state index in [2.05, 4.69) is 48.5 Å². The van der Waals surface area contributed by atoms with Gasteiger partial charge in [0.2, 0.25) is 0 Å². The first-order valence-electron chi connectivity index (χ1n) is 13.7. The van der Waals surface area contributed by atoms with E-state index in [1.54, 1.807) is 0 Å². The van der Waals surface area contributed by atoms with Crippen molar-refractivity contribution in [3.8, 4) is 0 Å². The molecule has 0 N–H and O–H groups in total.